The Morgan fingerprint density at radius 2 is 2.22 bits per heavy atom. The second kappa shape index (κ2) is 6.54. The van der Waals surface area contributed by atoms with Crippen LogP contribution >= 0.6 is 0 Å². The second-order valence-corrected chi connectivity index (χ2v) is 5.08. The van der Waals surface area contributed by atoms with Crippen LogP contribution in [-0.2, 0) is 11.8 Å². The average molecular weight is 252 g/mol. The average Bonchev–Trinajstić information content (AvgIpc) is 2.74. The third kappa shape index (κ3) is 4.14. The summed E-state index contributed by atoms with van der Waals surface area (Å²) < 4.78 is 1.64. The maximum absolute atomic E-state index is 12.0. The highest BCUT2D eigenvalue weighted by Gasteiger charge is 2.19. The molecule has 1 aromatic rings. The van der Waals surface area contributed by atoms with E-state index in [1.54, 1.807) is 24.1 Å². The van der Waals surface area contributed by atoms with Crippen molar-refractivity contribution in [1.82, 2.24) is 15.1 Å². The minimum absolute atomic E-state index is 0.140. The van der Waals surface area contributed by atoms with Crippen LogP contribution in [0.15, 0.2) is 12.4 Å². The lowest BCUT2D eigenvalue weighted by Gasteiger charge is -2.19. The summed E-state index contributed by atoms with van der Waals surface area (Å²) in [6, 6.07) is -0.492. The summed E-state index contributed by atoms with van der Waals surface area (Å²) in [6.07, 6.45) is 5.49. The molecule has 1 amide bonds. The minimum atomic E-state index is -0.641. The van der Waals surface area contributed by atoms with Gasteiger partial charge >= 0.3 is 0 Å². The van der Waals surface area contributed by atoms with Gasteiger partial charge in [0, 0.05) is 24.8 Å². The van der Waals surface area contributed by atoms with Gasteiger partial charge < -0.3 is 11.1 Å². The van der Waals surface area contributed by atoms with Gasteiger partial charge in [-0.1, -0.05) is 20.3 Å². The van der Waals surface area contributed by atoms with Gasteiger partial charge in [0.25, 0.3) is 0 Å². The molecule has 0 bridgehead atoms. The molecule has 5 nitrogen and oxygen atoms in total. The topological polar surface area (TPSA) is 72.9 Å². The van der Waals surface area contributed by atoms with Crippen LogP contribution in [0.2, 0.25) is 0 Å². The third-order valence-corrected chi connectivity index (χ3v) is 3.21. The van der Waals surface area contributed by atoms with Crippen molar-refractivity contribution in [2.75, 3.05) is 0 Å². The normalized spacial score (nSPS) is 16.1. The lowest BCUT2D eigenvalue weighted by molar-refractivity contribution is -0.123. The fraction of sp³-hybridized carbons (Fsp3) is 0.692. The van der Waals surface area contributed by atoms with Crippen LogP contribution < -0.4 is 11.1 Å². The molecule has 0 saturated heterocycles. The molecular formula is C13H24N4O. The fourth-order valence-electron chi connectivity index (χ4n) is 1.91. The number of aryl methyl sites for hydroxylation is 1. The van der Waals surface area contributed by atoms with Crippen LogP contribution in [-0.4, -0.2) is 21.7 Å². The first-order valence-corrected chi connectivity index (χ1v) is 6.48. The summed E-state index contributed by atoms with van der Waals surface area (Å²) in [5, 5.41) is 6.97. The Bertz CT molecular complexity index is 388. The van der Waals surface area contributed by atoms with E-state index in [1.165, 1.54) is 0 Å². The Balaban J connectivity index is 2.49. The Kier molecular flexibility index (Phi) is 5.34. The van der Waals surface area contributed by atoms with Gasteiger partial charge in [-0.2, -0.15) is 5.10 Å². The maximum atomic E-state index is 12.0. The molecule has 0 aliphatic carbocycles. The Morgan fingerprint density at radius 3 is 2.72 bits per heavy atom. The first-order valence-electron chi connectivity index (χ1n) is 6.48. The van der Waals surface area contributed by atoms with Crippen LogP contribution in [0.5, 0.6) is 0 Å². The number of carbonyl (C=O) groups is 1. The van der Waals surface area contributed by atoms with Crippen molar-refractivity contribution in [2.45, 2.75) is 45.7 Å². The van der Waals surface area contributed by atoms with Crippen LogP contribution in [0.3, 0.4) is 0 Å². The number of nitrogens with one attached hydrogen (secondary N) is 1. The molecule has 3 N–H and O–H groups in total. The molecule has 1 heterocycles. The van der Waals surface area contributed by atoms with Gasteiger partial charge in [-0.25, -0.2) is 0 Å². The van der Waals surface area contributed by atoms with Crippen LogP contribution in [0.1, 0.15) is 45.2 Å². The summed E-state index contributed by atoms with van der Waals surface area (Å²) in [7, 11) is 1.81. The number of amides is 1. The number of hydrogen-bond donors (Lipinski definition) is 2. The fourth-order valence-corrected chi connectivity index (χ4v) is 1.91. The van der Waals surface area contributed by atoms with Crippen LogP contribution in [0.4, 0.5) is 0 Å². The molecule has 18 heavy (non-hydrogen) atoms. The zero-order valence-electron chi connectivity index (χ0n) is 11.7. The molecule has 0 spiro atoms. The molecule has 0 aliphatic heterocycles. The maximum Gasteiger partial charge on any atom is 0.241 e. The SMILES string of the molecule is CCC(C)CC(C)NC(=O)C(N)c1cnn(C)c1. The number of carbonyl (C=O) groups excluding carboxylic acids is 1. The summed E-state index contributed by atoms with van der Waals surface area (Å²) in [5.41, 5.74) is 6.64. The van der Waals surface area contributed by atoms with E-state index in [4.69, 9.17) is 5.73 Å². The highest BCUT2D eigenvalue weighted by Crippen LogP contribution is 2.12. The predicted molar refractivity (Wildman–Crippen MR) is 71.8 cm³/mol. The van der Waals surface area contributed by atoms with Crippen molar-refractivity contribution in [3.05, 3.63) is 18.0 Å². The zero-order valence-corrected chi connectivity index (χ0v) is 11.7. The highest BCUT2D eigenvalue weighted by atomic mass is 16.2. The first kappa shape index (κ1) is 14.7. The minimum Gasteiger partial charge on any atom is -0.352 e. The number of hydrogen-bond acceptors (Lipinski definition) is 3. The Labute approximate surface area is 109 Å². The van der Waals surface area contributed by atoms with E-state index in [9.17, 15) is 4.79 Å². The molecule has 5 heteroatoms. The largest absolute Gasteiger partial charge is 0.352 e. The van der Waals surface area contributed by atoms with E-state index in [0.717, 1.165) is 18.4 Å². The predicted octanol–water partition coefficient (Wildman–Crippen LogP) is 1.36. The van der Waals surface area contributed by atoms with Gasteiger partial charge in [0.05, 0.1) is 6.20 Å². The van der Waals surface area contributed by atoms with E-state index in [0.29, 0.717) is 5.92 Å². The summed E-state index contributed by atoms with van der Waals surface area (Å²) >= 11 is 0. The molecule has 0 aliphatic rings. The number of nitrogens with two attached hydrogens (primary N) is 1. The second-order valence-electron chi connectivity index (χ2n) is 5.08. The molecule has 1 aromatic heterocycles. The molecule has 0 aromatic carbocycles. The van der Waals surface area contributed by atoms with Crippen molar-refractivity contribution in [3.8, 4) is 0 Å². The van der Waals surface area contributed by atoms with Crippen molar-refractivity contribution < 1.29 is 4.79 Å². The lowest BCUT2D eigenvalue weighted by atomic mass is 10.00. The Hall–Kier alpha value is -1.36. The zero-order chi connectivity index (χ0) is 13.7. The number of aromatic nitrogens is 2. The van der Waals surface area contributed by atoms with Gasteiger partial charge in [0.1, 0.15) is 6.04 Å². The molecular weight excluding hydrogens is 228 g/mol. The van der Waals surface area contributed by atoms with Crippen LogP contribution in [0, 0.1) is 5.92 Å². The monoisotopic (exact) mass is 252 g/mol. The molecule has 0 radical (unpaired) electrons. The molecule has 1 rings (SSSR count). The molecule has 3 atom stereocenters. The standard InChI is InChI=1S/C13H24N4O/c1-5-9(2)6-10(3)16-13(18)12(14)11-7-15-17(4)8-11/h7-10,12H,5-6,14H2,1-4H3,(H,16,18). The van der Waals surface area contributed by atoms with Gasteiger partial charge in [0.2, 0.25) is 5.91 Å². The molecule has 0 fully saturated rings. The molecule has 0 saturated carbocycles. The third-order valence-electron chi connectivity index (χ3n) is 3.21. The van der Waals surface area contributed by atoms with Crippen molar-refractivity contribution >= 4 is 5.91 Å². The summed E-state index contributed by atoms with van der Waals surface area (Å²) in [4.78, 5) is 12.0. The van der Waals surface area contributed by atoms with Gasteiger partial charge in [-0.3, -0.25) is 9.48 Å². The number of rotatable bonds is 6. The van der Waals surface area contributed by atoms with Crippen molar-refractivity contribution in [3.63, 3.8) is 0 Å². The van der Waals surface area contributed by atoms with E-state index < -0.39 is 6.04 Å². The van der Waals surface area contributed by atoms with E-state index >= 15 is 0 Å². The molecule has 102 valence electrons. The quantitative estimate of drug-likeness (QED) is 0.803. The summed E-state index contributed by atoms with van der Waals surface area (Å²) in [6.45, 7) is 6.35. The smallest absolute Gasteiger partial charge is 0.241 e. The summed E-state index contributed by atoms with van der Waals surface area (Å²) in [5.74, 6) is 0.466. The van der Waals surface area contributed by atoms with Crippen LogP contribution in [0.25, 0.3) is 0 Å². The van der Waals surface area contributed by atoms with Crippen molar-refractivity contribution in [1.29, 1.82) is 0 Å². The van der Waals surface area contributed by atoms with Gasteiger partial charge in [-0.05, 0) is 19.3 Å². The lowest BCUT2D eigenvalue weighted by Crippen LogP contribution is -2.40. The van der Waals surface area contributed by atoms with Gasteiger partial charge in [0.15, 0.2) is 0 Å². The Morgan fingerprint density at radius 1 is 1.56 bits per heavy atom. The van der Waals surface area contributed by atoms with E-state index in [-0.39, 0.29) is 11.9 Å². The van der Waals surface area contributed by atoms with E-state index in [2.05, 4.69) is 24.3 Å². The highest BCUT2D eigenvalue weighted by molar-refractivity contribution is 5.82. The van der Waals surface area contributed by atoms with Crippen molar-refractivity contribution in [2.24, 2.45) is 18.7 Å². The number of nitrogens with zero attached hydrogens (tertiary/aromatic N) is 2. The first-order chi connectivity index (χ1) is 8.43. The van der Waals surface area contributed by atoms with Gasteiger partial charge in [-0.15, -0.1) is 0 Å². The van der Waals surface area contributed by atoms with E-state index in [1.807, 2.05) is 6.92 Å². The molecule has 3 unspecified atom stereocenters.